The highest BCUT2D eigenvalue weighted by Crippen LogP contribution is 2.34. The number of amides is 1. The number of hydrogen-bond acceptors (Lipinski definition) is 6. The predicted octanol–water partition coefficient (Wildman–Crippen LogP) is 3.83. The smallest absolute Gasteiger partial charge is 0.266 e. The third kappa shape index (κ3) is 4.42. The minimum absolute atomic E-state index is 0.0232. The second-order valence-corrected chi connectivity index (χ2v) is 7.35. The van der Waals surface area contributed by atoms with Crippen LogP contribution < -0.4 is 19.5 Å². The standard InChI is InChI=1S/C24H22N4O4/c1-15-8-16(2)28(27-15)13-19-10-17(4-6-21(19)30-3)9-18(12-25)24(29)26-20-5-7-22-23(11-20)32-14-31-22/h4-11H,13-14H2,1-3H3,(H,26,29). The van der Waals surface area contributed by atoms with Crippen LogP contribution >= 0.6 is 0 Å². The monoisotopic (exact) mass is 430 g/mol. The van der Waals surface area contributed by atoms with Crippen molar-refractivity contribution in [2.24, 2.45) is 0 Å². The quantitative estimate of drug-likeness (QED) is 0.471. The molecule has 1 amide bonds. The van der Waals surface area contributed by atoms with E-state index in [2.05, 4.69) is 10.4 Å². The number of rotatable bonds is 6. The molecular formula is C24H22N4O4. The van der Waals surface area contributed by atoms with Crippen molar-refractivity contribution in [1.29, 1.82) is 5.26 Å². The second kappa shape index (κ2) is 8.86. The van der Waals surface area contributed by atoms with Gasteiger partial charge < -0.3 is 19.5 Å². The van der Waals surface area contributed by atoms with Crippen LogP contribution in [0.15, 0.2) is 48.0 Å². The molecular weight excluding hydrogens is 408 g/mol. The summed E-state index contributed by atoms with van der Waals surface area (Å²) in [5.41, 5.74) is 4.06. The number of nitrogens with one attached hydrogen (secondary N) is 1. The van der Waals surface area contributed by atoms with E-state index in [0.29, 0.717) is 35.0 Å². The van der Waals surface area contributed by atoms with Crippen LogP contribution in [0.3, 0.4) is 0 Å². The van der Waals surface area contributed by atoms with E-state index in [0.717, 1.165) is 17.0 Å². The molecule has 0 unspecified atom stereocenters. The van der Waals surface area contributed by atoms with Crippen molar-refractivity contribution in [3.8, 4) is 23.3 Å². The maximum absolute atomic E-state index is 12.7. The number of hydrogen-bond donors (Lipinski definition) is 1. The Morgan fingerprint density at radius 1 is 1.22 bits per heavy atom. The van der Waals surface area contributed by atoms with E-state index in [1.54, 1.807) is 37.5 Å². The lowest BCUT2D eigenvalue weighted by Gasteiger charge is -2.11. The average molecular weight is 430 g/mol. The van der Waals surface area contributed by atoms with Crippen LogP contribution in [0.25, 0.3) is 6.08 Å². The van der Waals surface area contributed by atoms with E-state index < -0.39 is 5.91 Å². The zero-order valence-electron chi connectivity index (χ0n) is 18.0. The summed E-state index contributed by atoms with van der Waals surface area (Å²) < 4.78 is 18.0. The zero-order chi connectivity index (χ0) is 22.7. The van der Waals surface area contributed by atoms with Crippen LogP contribution in [0.5, 0.6) is 17.2 Å². The molecule has 0 atom stereocenters. The first-order chi connectivity index (χ1) is 15.5. The van der Waals surface area contributed by atoms with E-state index in [-0.39, 0.29) is 12.4 Å². The molecule has 3 aromatic rings. The Hall–Kier alpha value is -4.25. The first kappa shape index (κ1) is 21.0. The number of aromatic nitrogens is 2. The topological polar surface area (TPSA) is 98.4 Å². The van der Waals surface area contributed by atoms with E-state index in [1.807, 2.05) is 42.8 Å². The second-order valence-electron chi connectivity index (χ2n) is 7.35. The van der Waals surface area contributed by atoms with Gasteiger partial charge in [0.05, 0.1) is 19.3 Å². The molecule has 2 aromatic carbocycles. The highest BCUT2D eigenvalue weighted by molar-refractivity contribution is 6.09. The molecule has 0 saturated carbocycles. The predicted molar refractivity (Wildman–Crippen MR) is 119 cm³/mol. The fraction of sp³-hybridized carbons (Fsp3) is 0.208. The molecule has 0 saturated heterocycles. The van der Waals surface area contributed by atoms with Gasteiger partial charge in [0.1, 0.15) is 17.4 Å². The number of ether oxygens (including phenoxy) is 3. The van der Waals surface area contributed by atoms with E-state index >= 15 is 0 Å². The van der Waals surface area contributed by atoms with Crippen molar-refractivity contribution < 1.29 is 19.0 Å². The van der Waals surface area contributed by atoms with Crippen LogP contribution in [0.1, 0.15) is 22.5 Å². The highest BCUT2D eigenvalue weighted by atomic mass is 16.7. The van der Waals surface area contributed by atoms with Gasteiger partial charge in [0.15, 0.2) is 11.5 Å². The molecule has 1 aliphatic heterocycles. The molecule has 2 heterocycles. The van der Waals surface area contributed by atoms with Gasteiger partial charge >= 0.3 is 0 Å². The normalized spacial score (nSPS) is 12.4. The molecule has 32 heavy (non-hydrogen) atoms. The van der Waals surface area contributed by atoms with Crippen LogP contribution in [-0.4, -0.2) is 29.6 Å². The minimum Gasteiger partial charge on any atom is -0.496 e. The zero-order valence-corrected chi connectivity index (χ0v) is 18.0. The van der Waals surface area contributed by atoms with Crippen molar-refractivity contribution in [2.45, 2.75) is 20.4 Å². The van der Waals surface area contributed by atoms with Gasteiger partial charge in [0, 0.05) is 23.0 Å². The van der Waals surface area contributed by atoms with Gasteiger partial charge in [-0.2, -0.15) is 10.4 Å². The number of nitriles is 1. The molecule has 0 spiro atoms. The minimum atomic E-state index is -0.512. The van der Waals surface area contributed by atoms with Crippen molar-refractivity contribution in [2.75, 3.05) is 19.2 Å². The Bertz CT molecular complexity index is 1250. The molecule has 162 valence electrons. The Balaban J connectivity index is 1.57. The van der Waals surface area contributed by atoms with E-state index in [9.17, 15) is 10.1 Å². The fourth-order valence-electron chi connectivity index (χ4n) is 3.50. The number of benzene rings is 2. The molecule has 1 aromatic heterocycles. The van der Waals surface area contributed by atoms with Crippen LogP contribution in [0.2, 0.25) is 0 Å². The first-order valence-corrected chi connectivity index (χ1v) is 9.97. The number of carbonyl (C=O) groups is 1. The van der Waals surface area contributed by atoms with Crippen molar-refractivity contribution in [3.05, 3.63) is 70.6 Å². The van der Waals surface area contributed by atoms with Crippen molar-refractivity contribution in [3.63, 3.8) is 0 Å². The Kier molecular flexibility index (Phi) is 5.81. The first-order valence-electron chi connectivity index (χ1n) is 9.97. The number of methoxy groups -OCH3 is 1. The van der Waals surface area contributed by atoms with E-state index in [4.69, 9.17) is 14.2 Å². The van der Waals surface area contributed by atoms with Gasteiger partial charge in [-0.15, -0.1) is 0 Å². The van der Waals surface area contributed by atoms with Gasteiger partial charge in [0.2, 0.25) is 6.79 Å². The maximum Gasteiger partial charge on any atom is 0.266 e. The highest BCUT2D eigenvalue weighted by Gasteiger charge is 2.16. The third-order valence-electron chi connectivity index (χ3n) is 5.03. The molecule has 0 radical (unpaired) electrons. The van der Waals surface area contributed by atoms with Crippen molar-refractivity contribution in [1.82, 2.24) is 9.78 Å². The van der Waals surface area contributed by atoms with E-state index in [1.165, 1.54) is 0 Å². The third-order valence-corrected chi connectivity index (χ3v) is 5.03. The summed E-state index contributed by atoms with van der Waals surface area (Å²) >= 11 is 0. The number of fused-ring (bicyclic) bond motifs is 1. The lowest BCUT2D eigenvalue weighted by atomic mass is 10.1. The largest absolute Gasteiger partial charge is 0.496 e. The number of nitrogens with zero attached hydrogens (tertiary/aromatic N) is 3. The molecule has 0 bridgehead atoms. The molecule has 1 aliphatic rings. The molecule has 8 nitrogen and oxygen atoms in total. The molecule has 8 heteroatoms. The summed E-state index contributed by atoms with van der Waals surface area (Å²) in [6, 6.07) is 14.6. The Labute approximate surface area is 185 Å². The Morgan fingerprint density at radius 2 is 2.03 bits per heavy atom. The van der Waals surface area contributed by atoms with Crippen LogP contribution in [0.4, 0.5) is 5.69 Å². The SMILES string of the molecule is COc1ccc(C=C(C#N)C(=O)Nc2ccc3c(c2)OCO3)cc1Cn1nc(C)cc1C. The molecule has 4 rings (SSSR count). The van der Waals surface area contributed by atoms with Gasteiger partial charge in [-0.1, -0.05) is 6.07 Å². The summed E-state index contributed by atoms with van der Waals surface area (Å²) in [5, 5.41) is 16.8. The van der Waals surface area contributed by atoms with Crippen LogP contribution in [-0.2, 0) is 11.3 Å². The lowest BCUT2D eigenvalue weighted by molar-refractivity contribution is -0.112. The number of aryl methyl sites for hydroxylation is 2. The van der Waals surface area contributed by atoms with Gasteiger partial charge in [-0.05, 0) is 55.8 Å². The van der Waals surface area contributed by atoms with Gasteiger partial charge in [0.25, 0.3) is 5.91 Å². The fourth-order valence-corrected chi connectivity index (χ4v) is 3.50. The number of anilines is 1. The van der Waals surface area contributed by atoms with Gasteiger partial charge in [-0.25, -0.2) is 0 Å². The molecule has 0 aliphatic carbocycles. The summed E-state index contributed by atoms with van der Waals surface area (Å²) in [4.78, 5) is 12.7. The summed E-state index contributed by atoms with van der Waals surface area (Å²) in [7, 11) is 1.61. The molecule has 1 N–H and O–H groups in total. The number of carbonyl (C=O) groups excluding carboxylic acids is 1. The summed E-state index contributed by atoms with van der Waals surface area (Å²) in [6.45, 7) is 4.59. The van der Waals surface area contributed by atoms with Gasteiger partial charge in [-0.3, -0.25) is 9.48 Å². The molecule has 0 fully saturated rings. The maximum atomic E-state index is 12.7. The lowest BCUT2D eigenvalue weighted by Crippen LogP contribution is -2.13. The Morgan fingerprint density at radius 3 is 2.75 bits per heavy atom. The van der Waals surface area contributed by atoms with Crippen LogP contribution in [0, 0.1) is 25.2 Å². The summed E-state index contributed by atoms with van der Waals surface area (Å²) in [5.74, 6) is 1.36. The average Bonchev–Trinajstić information content (AvgIpc) is 3.37. The van der Waals surface area contributed by atoms with Crippen molar-refractivity contribution >= 4 is 17.7 Å². The summed E-state index contributed by atoms with van der Waals surface area (Å²) in [6.07, 6.45) is 1.55.